The van der Waals surface area contributed by atoms with Gasteiger partial charge in [-0.3, -0.25) is 4.79 Å². The number of rotatable bonds is 3. The summed E-state index contributed by atoms with van der Waals surface area (Å²) in [5.74, 6) is 6.04. The zero-order chi connectivity index (χ0) is 13.3. The fourth-order valence-corrected chi connectivity index (χ4v) is 1.48. The van der Waals surface area contributed by atoms with Crippen molar-refractivity contribution in [3.05, 3.63) is 34.9 Å². The van der Waals surface area contributed by atoms with Crippen LogP contribution in [0.4, 0.5) is 0 Å². The number of ketones is 1. The lowest BCUT2D eigenvalue weighted by molar-refractivity contribution is 0.101. The van der Waals surface area contributed by atoms with Crippen LogP contribution in [0.3, 0.4) is 0 Å². The van der Waals surface area contributed by atoms with Gasteiger partial charge in [-0.15, -0.1) is 11.8 Å². The van der Waals surface area contributed by atoms with E-state index in [1.165, 1.54) is 11.1 Å². The van der Waals surface area contributed by atoms with Crippen LogP contribution in [0.2, 0.25) is 0 Å². The average Bonchev–Trinajstić information content (AvgIpc) is 2.34. The van der Waals surface area contributed by atoms with E-state index in [2.05, 4.69) is 18.8 Å². The molecule has 0 aliphatic carbocycles. The van der Waals surface area contributed by atoms with E-state index in [4.69, 9.17) is 0 Å². The highest BCUT2D eigenvalue weighted by Gasteiger charge is 2.03. The molecular formula is C16H22O. The summed E-state index contributed by atoms with van der Waals surface area (Å²) < 4.78 is 0. The van der Waals surface area contributed by atoms with Gasteiger partial charge >= 0.3 is 0 Å². The fourth-order valence-electron chi connectivity index (χ4n) is 1.48. The van der Waals surface area contributed by atoms with Gasteiger partial charge in [0.15, 0.2) is 5.78 Å². The molecule has 0 aliphatic rings. The Morgan fingerprint density at radius 2 is 1.94 bits per heavy atom. The fraction of sp³-hybridized carbons (Fsp3) is 0.438. The van der Waals surface area contributed by atoms with E-state index in [0.717, 1.165) is 18.4 Å². The largest absolute Gasteiger partial charge is 0.295 e. The third-order valence-electron chi connectivity index (χ3n) is 2.45. The van der Waals surface area contributed by atoms with Crippen LogP contribution in [-0.4, -0.2) is 5.78 Å². The number of benzene rings is 1. The molecule has 1 aromatic carbocycles. The predicted molar refractivity (Wildman–Crippen MR) is 74.3 cm³/mol. The topological polar surface area (TPSA) is 17.1 Å². The molecule has 1 aromatic rings. The van der Waals surface area contributed by atoms with Crippen LogP contribution >= 0.6 is 0 Å². The number of carbonyl (C=O) groups excluding carboxylic acids is 1. The van der Waals surface area contributed by atoms with E-state index < -0.39 is 0 Å². The van der Waals surface area contributed by atoms with E-state index in [1.807, 2.05) is 39.0 Å². The van der Waals surface area contributed by atoms with Gasteiger partial charge in [0.25, 0.3) is 0 Å². The first-order valence-electron chi connectivity index (χ1n) is 6.15. The molecule has 0 aliphatic heterocycles. The normalized spacial score (nSPS) is 8.53. The van der Waals surface area contributed by atoms with E-state index in [-0.39, 0.29) is 5.78 Å². The number of aryl methyl sites for hydroxylation is 2. The molecule has 0 aromatic heterocycles. The molecule has 0 heterocycles. The molecule has 17 heavy (non-hydrogen) atoms. The van der Waals surface area contributed by atoms with Crippen LogP contribution in [0.25, 0.3) is 0 Å². The Labute approximate surface area is 105 Å². The first kappa shape index (κ1) is 15.4. The van der Waals surface area contributed by atoms with Gasteiger partial charge < -0.3 is 0 Å². The Morgan fingerprint density at radius 3 is 2.47 bits per heavy atom. The Balaban J connectivity index is 0.00000121. The van der Waals surface area contributed by atoms with E-state index in [9.17, 15) is 4.79 Å². The number of carbonyl (C=O) groups is 1. The van der Waals surface area contributed by atoms with Crippen molar-refractivity contribution in [1.29, 1.82) is 0 Å². The van der Waals surface area contributed by atoms with Crippen LogP contribution in [0, 0.1) is 18.8 Å². The molecule has 0 bridgehead atoms. The maximum Gasteiger partial charge on any atom is 0.159 e. The third-order valence-corrected chi connectivity index (χ3v) is 2.45. The number of hydrogen-bond acceptors (Lipinski definition) is 1. The Morgan fingerprint density at radius 1 is 1.29 bits per heavy atom. The second-order valence-corrected chi connectivity index (χ2v) is 3.62. The Hall–Kier alpha value is -1.55. The van der Waals surface area contributed by atoms with Crippen molar-refractivity contribution < 1.29 is 4.79 Å². The first-order valence-corrected chi connectivity index (χ1v) is 6.15. The van der Waals surface area contributed by atoms with Crippen LogP contribution in [0.5, 0.6) is 0 Å². The zero-order valence-electron chi connectivity index (χ0n) is 11.6. The molecule has 92 valence electrons. The summed E-state index contributed by atoms with van der Waals surface area (Å²) >= 11 is 0. The maximum atomic E-state index is 11.2. The molecule has 0 saturated heterocycles. The Bertz CT molecular complexity index is 419. The third kappa shape index (κ3) is 5.36. The molecule has 0 saturated carbocycles. The van der Waals surface area contributed by atoms with Crippen LogP contribution in [0.1, 0.15) is 55.6 Å². The van der Waals surface area contributed by atoms with Crippen LogP contribution < -0.4 is 0 Å². The molecule has 1 nitrogen and oxygen atoms in total. The lowest BCUT2D eigenvalue weighted by atomic mass is 9.99. The summed E-state index contributed by atoms with van der Waals surface area (Å²) in [7, 11) is 0. The van der Waals surface area contributed by atoms with Crippen molar-refractivity contribution in [2.75, 3.05) is 0 Å². The van der Waals surface area contributed by atoms with E-state index in [0.29, 0.717) is 0 Å². The van der Waals surface area contributed by atoms with Crippen LogP contribution in [-0.2, 0) is 6.42 Å². The molecular weight excluding hydrogens is 208 g/mol. The molecule has 0 fully saturated rings. The van der Waals surface area contributed by atoms with Gasteiger partial charge in [-0.25, -0.2) is 0 Å². The van der Waals surface area contributed by atoms with Crippen molar-refractivity contribution >= 4 is 5.78 Å². The first-order chi connectivity index (χ1) is 8.15. The molecule has 0 unspecified atom stereocenters. The molecule has 0 spiro atoms. The van der Waals surface area contributed by atoms with Gasteiger partial charge in [-0.05, 0) is 44.4 Å². The van der Waals surface area contributed by atoms with Gasteiger partial charge in [0.2, 0.25) is 0 Å². The highest BCUT2D eigenvalue weighted by Crippen LogP contribution is 2.13. The summed E-state index contributed by atoms with van der Waals surface area (Å²) in [6, 6.07) is 5.87. The standard InChI is InChI=1S/C14H16O.C2H6/c1-4-5-6-7-13-10-14(12(3)15)9-8-11(13)2;1-2/h8-10H,6-7H2,1-3H3;1-2H3. The van der Waals surface area contributed by atoms with Gasteiger partial charge in [0.1, 0.15) is 0 Å². The van der Waals surface area contributed by atoms with E-state index >= 15 is 0 Å². The highest BCUT2D eigenvalue weighted by molar-refractivity contribution is 5.94. The summed E-state index contributed by atoms with van der Waals surface area (Å²) in [6.07, 6.45) is 1.78. The number of Topliss-reactive ketones (excluding diaryl/α,β-unsaturated/α-hetero) is 1. The lowest BCUT2D eigenvalue weighted by Crippen LogP contribution is -1.96. The summed E-state index contributed by atoms with van der Waals surface area (Å²) in [5.41, 5.74) is 3.25. The Kier molecular flexibility index (Phi) is 7.80. The smallest absolute Gasteiger partial charge is 0.159 e. The zero-order valence-corrected chi connectivity index (χ0v) is 11.6. The second-order valence-electron chi connectivity index (χ2n) is 3.62. The minimum absolute atomic E-state index is 0.123. The minimum atomic E-state index is 0.123. The molecule has 0 atom stereocenters. The van der Waals surface area contributed by atoms with Gasteiger partial charge in [-0.1, -0.05) is 26.0 Å². The van der Waals surface area contributed by atoms with Crippen LogP contribution in [0.15, 0.2) is 18.2 Å². The van der Waals surface area contributed by atoms with Gasteiger partial charge in [-0.2, -0.15) is 0 Å². The summed E-state index contributed by atoms with van der Waals surface area (Å²) in [5, 5.41) is 0. The number of hydrogen-bond donors (Lipinski definition) is 0. The molecule has 0 radical (unpaired) electrons. The second kappa shape index (κ2) is 8.58. The van der Waals surface area contributed by atoms with Crippen molar-refractivity contribution in [2.24, 2.45) is 0 Å². The molecule has 0 N–H and O–H groups in total. The highest BCUT2D eigenvalue weighted by atomic mass is 16.1. The summed E-state index contributed by atoms with van der Waals surface area (Å²) in [6.45, 7) is 9.51. The monoisotopic (exact) mass is 230 g/mol. The van der Waals surface area contributed by atoms with Crippen molar-refractivity contribution in [2.45, 2.75) is 47.5 Å². The minimum Gasteiger partial charge on any atom is -0.295 e. The molecule has 0 amide bonds. The van der Waals surface area contributed by atoms with E-state index in [1.54, 1.807) is 6.92 Å². The molecule has 1 heteroatoms. The maximum absolute atomic E-state index is 11.2. The van der Waals surface area contributed by atoms with Crippen molar-refractivity contribution in [3.63, 3.8) is 0 Å². The summed E-state index contributed by atoms with van der Waals surface area (Å²) in [4.78, 5) is 11.2. The SMILES string of the molecule is CC.CC#CCCc1cc(C(C)=O)ccc1C. The van der Waals surface area contributed by atoms with Gasteiger partial charge in [0.05, 0.1) is 0 Å². The van der Waals surface area contributed by atoms with Crippen molar-refractivity contribution in [3.8, 4) is 11.8 Å². The average molecular weight is 230 g/mol. The van der Waals surface area contributed by atoms with Crippen molar-refractivity contribution in [1.82, 2.24) is 0 Å². The lowest BCUT2D eigenvalue weighted by Gasteiger charge is -2.05. The predicted octanol–water partition coefficient (Wildman–Crippen LogP) is 4.18. The van der Waals surface area contributed by atoms with Gasteiger partial charge in [0, 0.05) is 12.0 Å². The quantitative estimate of drug-likeness (QED) is 0.562. The molecule has 1 rings (SSSR count).